The molecule has 7 N–H and O–H groups in total. The SMILES string of the molecule is CCNC(=O)[C@H]1O[C@@H](n2cnc3c(NCC(c4ccccc4)c4ccccc4)nc(C(=O)NCCNC(=O)NCCC4CCc5ccccc5C4)nc32)[C@H](O)[C@@H]1O. The molecule has 0 spiro atoms. The summed E-state index contributed by atoms with van der Waals surface area (Å²) in [5.74, 6) is -0.698. The molecular weight excluding hydrogens is 727 g/mol. The summed E-state index contributed by atoms with van der Waals surface area (Å²) < 4.78 is 7.25. The van der Waals surface area contributed by atoms with Gasteiger partial charge < -0.3 is 41.5 Å². The van der Waals surface area contributed by atoms with Crippen LogP contribution in [0.2, 0.25) is 0 Å². The summed E-state index contributed by atoms with van der Waals surface area (Å²) >= 11 is 0. The average Bonchev–Trinajstić information content (AvgIpc) is 3.79. The van der Waals surface area contributed by atoms with Crippen molar-refractivity contribution >= 4 is 34.8 Å². The molecule has 57 heavy (non-hydrogen) atoms. The number of nitrogens with one attached hydrogen (secondary N) is 5. The maximum Gasteiger partial charge on any atom is 0.314 e. The van der Waals surface area contributed by atoms with Crippen molar-refractivity contribution in [3.8, 4) is 0 Å². The Bertz CT molecular complexity index is 2110. The molecule has 3 aromatic carbocycles. The van der Waals surface area contributed by atoms with Crippen molar-refractivity contribution in [3.63, 3.8) is 0 Å². The highest BCUT2D eigenvalue weighted by Crippen LogP contribution is 2.33. The Balaban J connectivity index is 1.04. The Morgan fingerprint density at radius 3 is 2.21 bits per heavy atom. The van der Waals surface area contributed by atoms with Gasteiger partial charge in [-0.3, -0.25) is 14.2 Å². The van der Waals surface area contributed by atoms with Crippen LogP contribution in [0.1, 0.15) is 64.8 Å². The Hall–Kier alpha value is -5.90. The van der Waals surface area contributed by atoms with Crippen LogP contribution in [0.5, 0.6) is 0 Å². The van der Waals surface area contributed by atoms with Crippen LogP contribution in [0, 0.1) is 5.92 Å². The lowest BCUT2D eigenvalue weighted by Gasteiger charge is -2.24. The van der Waals surface area contributed by atoms with Gasteiger partial charge in [0.25, 0.3) is 11.8 Å². The van der Waals surface area contributed by atoms with Crippen LogP contribution in [0.3, 0.4) is 0 Å². The Kier molecular flexibility index (Phi) is 12.7. The second kappa shape index (κ2) is 18.4. The minimum absolute atomic E-state index is 0.0960. The number of rotatable bonds is 15. The van der Waals surface area contributed by atoms with Gasteiger partial charge in [0.15, 0.2) is 29.3 Å². The zero-order valence-electron chi connectivity index (χ0n) is 31.8. The third-order valence-corrected chi connectivity index (χ3v) is 10.6. The quantitative estimate of drug-likeness (QED) is 0.0775. The minimum atomic E-state index is -1.52. The van der Waals surface area contributed by atoms with Gasteiger partial charge in [-0.15, -0.1) is 0 Å². The number of urea groups is 1. The number of aromatic nitrogens is 4. The second-order valence-corrected chi connectivity index (χ2v) is 14.4. The molecule has 1 aliphatic carbocycles. The number of amides is 4. The number of ether oxygens (including phenoxy) is 1. The lowest BCUT2D eigenvalue weighted by molar-refractivity contribution is -0.137. The van der Waals surface area contributed by atoms with Gasteiger partial charge >= 0.3 is 6.03 Å². The van der Waals surface area contributed by atoms with E-state index in [2.05, 4.69) is 65.8 Å². The second-order valence-electron chi connectivity index (χ2n) is 14.4. The monoisotopic (exact) mass is 775 g/mol. The molecular formula is C42H49N9O6. The van der Waals surface area contributed by atoms with Gasteiger partial charge in [-0.25, -0.2) is 19.7 Å². The number of aryl methyl sites for hydroxylation is 1. The lowest BCUT2D eigenvalue weighted by Crippen LogP contribution is -2.42. The third-order valence-electron chi connectivity index (χ3n) is 10.6. The summed E-state index contributed by atoms with van der Waals surface area (Å²) in [4.78, 5) is 52.4. The van der Waals surface area contributed by atoms with Crippen molar-refractivity contribution in [1.82, 2.24) is 40.8 Å². The number of hydrogen-bond donors (Lipinski definition) is 7. The zero-order chi connectivity index (χ0) is 39.7. The molecule has 0 saturated carbocycles. The first-order valence-corrected chi connectivity index (χ1v) is 19.5. The van der Waals surface area contributed by atoms with E-state index in [0.717, 1.165) is 36.8 Å². The van der Waals surface area contributed by atoms with Crippen LogP contribution in [0.4, 0.5) is 10.6 Å². The summed E-state index contributed by atoms with van der Waals surface area (Å²) in [7, 11) is 0. The van der Waals surface area contributed by atoms with E-state index >= 15 is 0 Å². The number of benzene rings is 3. The maximum atomic E-state index is 13.6. The molecule has 3 heterocycles. The van der Waals surface area contributed by atoms with Crippen molar-refractivity contribution < 1.29 is 29.3 Å². The molecule has 4 amide bonds. The number of hydrogen-bond acceptors (Lipinski definition) is 10. The first-order chi connectivity index (χ1) is 27.8. The number of aliphatic hydroxyl groups is 2. The Morgan fingerprint density at radius 1 is 0.825 bits per heavy atom. The average molecular weight is 776 g/mol. The Morgan fingerprint density at radius 2 is 1.49 bits per heavy atom. The molecule has 1 saturated heterocycles. The van der Waals surface area contributed by atoms with E-state index in [9.17, 15) is 24.6 Å². The number of likely N-dealkylation sites (N-methyl/N-ethyl adjacent to an activating group) is 1. The number of fused-ring (bicyclic) bond motifs is 2. The van der Waals surface area contributed by atoms with E-state index in [1.54, 1.807) is 6.92 Å². The van der Waals surface area contributed by atoms with E-state index < -0.39 is 36.4 Å². The maximum absolute atomic E-state index is 13.6. The number of aliphatic hydroxyl groups excluding tert-OH is 2. The first-order valence-electron chi connectivity index (χ1n) is 19.5. The Labute approximate surface area is 330 Å². The highest BCUT2D eigenvalue weighted by molar-refractivity contribution is 5.94. The molecule has 1 fully saturated rings. The van der Waals surface area contributed by atoms with Gasteiger partial charge in [0.05, 0.1) is 6.33 Å². The minimum Gasteiger partial charge on any atom is -0.387 e. The number of carbonyl (C=O) groups excluding carboxylic acids is 3. The van der Waals surface area contributed by atoms with Gasteiger partial charge in [0.2, 0.25) is 5.82 Å². The fourth-order valence-electron chi connectivity index (χ4n) is 7.61. The molecule has 5 atom stereocenters. The lowest BCUT2D eigenvalue weighted by atomic mass is 9.82. The fraction of sp³-hybridized carbons (Fsp3) is 0.381. The van der Waals surface area contributed by atoms with Crippen molar-refractivity contribution in [2.75, 3.05) is 38.0 Å². The molecule has 298 valence electrons. The largest absolute Gasteiger partial charge is 0.387 e. The van der Waals surface area contributed by atoms with E-state index in [0.29, 0.717) is 25.6 Å². The van der Waals surface area contributed by atoms with Crippen molar-refractivity contribution in [1.29, 1.82) is 0 Å². The molecule has 0 bridgehead atoms. The van der Waals surface area contributed by atoms with E-state index in [1.165, 1.54) is 22.0 Å². The van der Waals surface area contributed by atoms with Gasteiger partial charge in [-0.05, 0) is 60.8 Å². The predicted molar refractivity (Wildman–Crippen MR) is 213 cm³/mol. The molecule has 15 heteroatoms. The van der Waals surface area contributed by atoms with Crippen molar-refractivity contribution in [2.45, 2.75) is 63.1 Å². The smallest absolute Gasteiger partial charge is 0.314 e. The van der Waals surface area contributed by atoms with E-state index in [-0.39, 0.29) is 47.8 Å². The zero-order valence-corrected chi connectivity index (χ0v) is 31.8. The highest BCUT2D eigenvalue weighted by Gasteiger charge is 2.47. The number of carbonyl (C=O) groups is 3. The van der Waals surface area contributed by atoms with Crippen molar-refractivity contribution in [3.05, 3.63) is 119 Å². The van der Waals surface area contributed by atoms with Crippen LogP contribution < -0.4 is 26.6 Å². The van der Waals surface area contributed by atoms with Crippen LogP contribution in [0.25, 0.3) is 11.2 Å². The van der Waals surface area contributed by atoms with E-state index in [1.807, 2.05) is 60.7 Å². The van der Waals surface area contributed by atoms with Gasteiger partial charge in [0.1, 0.15) is 12.2 Å². The fourth-order valence-corrected chi connectivity index (χ4v) is 7.61. The van der Waals surface area contributed by atoms with Crippen LogP contribution in [-0.2, 0) is 22.4 Å². The normalized spacial score (nSPS) is 20.2. The molecule has 7 rings (SSSR count). The van der Waals surface area contributed by atoms with Gasteiger partial charge in [-0.2, -0.15) is 0 Å². The van der Waals surface area contributed by atoms with Crippen molar-refractivity contribution in [2.24, 2.45) is 5.92 Å². The number of anilines is 1. The highest BCUT2D eigenvalue weighted by atomic mass is 16.6. The first kappa shape index (κ1) is 39.3. The van der Waals surface area contributed by atoms with Crippen LogP contribution in [-0.4, -0.2) is 98.6 Å². The van der Waals surface area contributed by atoms with Crippen LogP contribution >= 0.6 is 0 Å². The topological polar surface area (TPSA) is 205 Å². The summed E-state index contributed by atoms with van der Waals surface area (Å²) in [5, 5.41) is 36.2. The third kappa shape index (κ3) is 9.22. The molecule has 5 aromatic rings. The van der Waals surface area contributed by atoms with Gasteiger partial charge in [0, 0.05) is 38.6 Å². The number of nitrogens with zero attached hydrogens (tertiary/aromatic N) is 4. The standard InChI is InChI=1S/C42H49N9O6/c1-2-43-39(54)35-33(52)34(53)41(57-35)51-25-48-32-36(47-24-31(28-12-5-3-6-13-28)29-14-7-4-8-15-29)49-37(50-38(32)51)40(55)44-21-22-46-42(56)45-20-19-26-17-18-27-11-9-10-16-30(27)23-26/h3-16,25-26,31,33-35,41,52-53H,2,17-24H2,1H3,(H,43,54)(H,44,55)(H2,45,46,56)(H,47,49,50)/t26?,33-,34+,35-,41+/m0/s1. The summed E-state index contributed by atoms with van der Waals surface area (Å²) in [6.07, 6.45) is -0.166. The molecule has 1 unspecified atom stereocenters. The van der Waals surface area contributed by atoms with E-state index in [4.69, 9.17) is 4.74 Å². The molecule has 2 aromatic heterocycles. The van der Waals surface area contributed by atoms with Crippen LogP contribution in [0.15, 0.2) is 91.3 Å². The summed E-state index contributed by atoms with van der Waals surface area (Å²) in [5.41, 5.74) is 5.36. The molecule has 1 aliphatic heterocycles. The molecule has 15 nitrogen and oxygen atoms in total. The molecule has 2 aliphatic rings. The number of imidazole rings is 1. The predicted octanol–water partition coefficient (Wildman–Crippen LogP) is 3.05. The summed E-state index contributed by atoms with van der Waals surface area (Å²) in [6, 6.07) is 28.2. The van der Waals surface area contributed by atoms with Gasteiger partial charge in [-0.1, -0.05) is 84.9 Å². The molecule has 0 radical (unpaired) electrons. The summed E-state index contributed by atoms with van der Waals surface area (Å²) in [6.45, 7) is 3.24.